The molecular weight excluding hydrogens is 371 g/mol. The average molecular weight is 397 g/mol. The van der Waals surface area contributed by atoms with Crippen molar-refractivity contribution in [2.45, 2.75) is 65.4 Å². The number of alkyl carbamates (subject to hydrolysis) is 1. The molecule has 154 valence electrons. The third-order valence-electron chi connectivity index (χ3n) is 3.98. The number of amides is 1. The summed E-state index contributed by atoms with van der Waals surface area (Å²) in [6.07, 6.45) is -4.00. The first kappa shape index (κ1) is 21.8. The summed E-state index contributed by atoms with van der Waals surface area (Å²) in [6, 6.07) is 6.41. The van der Waals surface area contributed by atoms with Crippen LogP contribution in [0.4, 0.5) is 18.0 Å². The highest BCUT2D eigenvalue weighted by atomic mass is 19.4. The van der Waals surface area contributed by atoms with Gasteiger partial charge in [-0.25, -0.2) is 9.78 Å². The Morgan fingerprint density at radius 3 is 2.14 bits per heavy atom. The van der Waals surface area contributed by atoms with Gasteiger partial charge in [-0.15, -0.1) is 0 Å². The van der Waals surface area contributed by atoms with E-state index in [1.807, 2.05) is 0 Å². The monoisotopic (exact) mass is 397 g/mol. The van der Waals surface area contributed by atoms with Gasteiger partial charge in [0.05, 0.1) is 6.04 Å². The molecular formula is C20H26F3N3O2. The van der Waals surface area contributed by atoms with Crippen molar-refractivity contribution in [3.8, 4) is 11.4 Å². The molecule has 1 amide bonds. The largest absolute Gasteiger partial charge is 0.444 e. The number of hydrogen-bond donors (Lipinski definition) is 1. The number of carbonyl (C=O) groups is 1. The van der Waals surface area contributed by atoms with Crippen molar-refractivity contribution < 1.29 is 22.7 Å². The number of aromatic nitrogens is 2. The number of alkyl halides is 3. The third-order valence-corrected chi connectivity index (χ3v) is 3.98. The van der Waals surface area contributed by atoms with Gasteiger partial charge in [-0.05, 0) is 47.1 Å². The van der Waals surface area contributed by atoms with Crippen LogP contribution in [0.15, 0.2) is 30.5 Å². The van der Waals surface area contributed by atoms with Crippen LogP contribution in [0.2, 0.25) is 0 Å². The van der Waals surface area contributed by atoms with Gasteiger partial charge < -0.3 is 14.6 Å². The first-order valence-corrected chi connectivity index (χ1v) is 9.04. The zero-order valence-corrected chi connectivity index (χ0v) is 16.9. The summed E-state index contributed by atoms with van der Waals surface area (Å²) in [6.45, 7) is 10.7. The number of nitrogens with zero attached hydrogens (tertiary/aromatic N) is 2. The predicted molar refractivity (Wildman–Crippen MR) is 101 cm³/mol. The second kappa shape index (κ2) is 7.85. The molecule has 0 saturated heterocycles. The lowest BCUT2D eigenvalue weighted by molar-refractivity contribution is -0.140. The van der Waals surface area contributed by atoms with E-state index in [-0.39, 0.29) is 17.9 Å². The lowest BCUT2D eigenvalue weighted by Crippen LogP contribution is -2.34. The summed E-state index contributed by atoms with van der Waals surface area (Å²) in [5.41, 5.74) is -0.149. The van der Waals surface area contributed by atoms with E-state index < -0.39 is 23.6 Å². The number of carbonyl (C=O) groups excluding carboxylic acids is 1. The molecule has 28 heavy (non-hydrogen) atoms. The van der Waals surface area contributed by atoms with Crippen LogP contribution in [-0.4, -0.2) is 21.2 Å². The van der Waals surface area contributed by atoms with Crippen molar-refractivity contribution in [2.24, 2.45) is 0 Å². The number of halogens is 3. The number of ether oxygens (including phenoxy) is 1. The summed E-state index contributed by atoms with van der Waals surface area (Å²) in [5.74, 6) is 0.252. The van der Waals surface area contributed by atoms with Gasteiger partial charge in [0, 0.05) is 17.8 Å². The van der Waals surface area contributed by atoms with Crippen molar-refractivity contribution in [2.75, 3.05) is 0 Å². The van der Waals surface area contributed by atoms with Crippen molar-refractivity contribution in [3.05, 3.63) is 41.7 Å². The highest BCUT2D eigenvalue weighted by Crippen LogP contribution is 2.32. The van der Waals surface area contributed by atoms with Gasteiger partial charge >= 0.3 is 12.3 Å². The highest BCUT2D eigenvalue weighted by molar-refractivity contribution is 5.68. The van der Waals surface area contributed by atoms with Crippen LogP contribution in [0, 0.1) is 0 Å². The Morgan fingerprint density at radius 2 is 1.68 bits per heavy atom. The minimum Gasteiger partial charge on any atom is -0.444 e. The standard InChI is InChI=1S/C20H26F3N3O2/c1-12(2)26-11-16(20(21,22)23)25-17(26)15-9-7-14(8-10-15)13(3)24-18(27)28-19(4,5)6/h7-13H,1-6H3,(H,24,27)/t13-/m0/s1. The Bertz CT molecular complexity index is 819. The Hall–Kier alpha value is -2.51. The van der Waals surface area contributed by atoms with Gasteiger partial charge in [0.2, 0.25) is 0 Å². The molecule has 0 radical (unpaired) electrons. The Morgan fingerprint density at radius 1 is 1.11 bits per heavy atom. The summed E-state index contributed by atoms with van der Waals surface area (Å²) >= 11 is 0. The van der Waals surface area contributed by atoms with Crippen LogP contribution < -0.4 is 5.32 Å². The topological polar surface area (TPSA) is 56.2 Å². The molecule has 0 bridgehead atoms. The maximum absolute atomic E-state index is 13.0. The summed E-state index contributed by atoms with van der Waals surface area (Å²) in [5, 5.41) is 2.73. The Kier molecular flexibility index (Phi) is 6.11. The molecule has 0 saturated carbocycles. The molecule has 0 fully saturated rings. The average Bonchev–Trinajstić information content (AvgIpc) is 2.98. The molecule has 8 heteroatoms. The van der Waals surface area contributed by atoms with E-state index in [0.29, 0.717) is 5.56 Å². The molecule has 0 aliphatic heterocycles. The Balaban J connectivity index is 2.23. The second-order valence-corrected chi connectivity index (χ2v) is 7.94. The lowest BCUT2D eigenvalue weighted by Gasteiger charge is -2.22. The molecule has 2 aromatic rings. The fourth-order valence-corrected chi connectivity index (χ4v) is 2.63. The maximum atomic E-state index is 13.0. The fourth-order valence-electron chi connectivity index (χ4n) is 2.63. The lowest BCUT2D eigenvalue weighted by atomic mass is 10.1. The van der Waals surface area contributed by atoms with Crippen LogP contribution >= 0.6 is 0 Å². The zero-order chi connectivity index (χ0) is 21.3. The van der Waals surface area contributed by atoms with Crippen LogP contribution in [0.3, 0.4) is 0 Å². The molecule has 1 aromatic carbocycles. The van der Waals surface area contributed by atoms with E-state index in [1.54, 1.807) is 65.8 Å². The summed E-state index contributed by atoms with van der Waals surface area (Å²) in [7, 11) is 0. The molecule has 2 rings (SSSR count). The molecule has 1 N–H and O–H groups in total. The summed E-state index contributed by atoms with van der Waals surface area (Å²) in [4.78, 5) is 15.7. The molecule has 1 heterocycles. The number of nitrogens with one attached hydrogen (secondary N) is 1. The molecule has 0 aliphatic carbocycles. The highest BCUT2D eigenvalue weighted by Gasteiger charge is 2.35. The number of hydrogen-bond acceptors (Lipinski definition) is 3. The van der Waals surface area contributed by atoms with Gasteiger partial charge in [-0.1, -0.05) is 24.3 Å². The van der Waals surface area contributed by atoms with Gasteiger partial charge in [0.25, 0.3) is 0 Å². The van der Waals surface area contributed by atoms with E-state index in [0.717, 1.165) is 11.8 Å². The third kappa shape index (κ3) is 5.50. The van der Waals surface area contributed by atoms with Gasteiger partial charge in [-0.2, -0.15) is 13.2 Å². The maximum Gasteiger partial charge on any atom is 0.434 e. The van der Waals surface area contributed by atoms with Crippen molar-refractivity contribution in [1.82, 2.24) is 14.9 Å². The molecule has 1 atom stereocenters. The van der Waals surface area contributed by atoms with E-state index >= 15 is 0 Å². The minimum atomic E-state index is -4.50. The normalized spacial score (nSPS) is 13.5. The fraction of sp³-hybridized carbons (Fsp3) is 0.500. The summed E-state index contributed by atoms with van der Waals surface area (Å²) < 4.78 is 45.9. The number of rotatable bonds is 4. The van der Waals surface area contributed by atoms with Crippen LogP contribution in [-0.2, 0) is 10.9 Å². The van der Waals surface area contributed by atoms with Crippen LogP contribution in [0.1, 0.15) is 64.9 Å². The van der Waals surface area contributed by atoms with Gasteiger partial charge in [0.1, 0.15) is 11.4 Å². The van der Waals surface area contributed by atoms with E-state index in [2.05, 4.69) is 10.3 Å². The van der Waals surface area contributed by atoms with Crippen LogP contribution in [0.5, 0.6) is 0 Å². The van der Waals surface area contributed by atoms with E-state index in [1.165, 1.54) is 4.57 Å². The first-order valence-electron chi connectivity index (χ1n) is 9.04. The number of imidazole rings is 1. The van der Waals surface area contributed by atoms with Crippen molar-refractivity contribution in [3.63, 3.8) is 0 Å². The number of benzene rings is 1. The Labute approximate surface area is 162 Å². The quantitative estimate of drug-likeness (QED) is 0.716. The zero-order valence-electron chi connectivity index (χ0n) is 16.9. The van der Waals surface area contributed by atoms with E-state index in [9.17, 15) is 18.0 Å². The molecule has 5 nitrogen and oxygen atoms in total. The molecule has 1 aromatic heterocycles. The van der Waals surface area contributed by atoms with Crippen molar-refractivity contribution in [1.29, 1.82) is 0 Å². The van der Waals surface area contributed by atoms with Crippen LogP contribution in [0.25, 0.3) is 11.4 Å². The second-order valence-electron chi connectivity index (χ2n) is 7.94. The molecule has 0 spiro atoms. The SMILES string of the molecule is CC(C)n1cc(C(F)(F)F)nc1-c1ccc([C@H](C)NC(=O)OC(C)(C)C)cc1. The van der Waals surface area contributed by atoms with Gasteiger partial charge in [-0.3, -0.25) is 0 Å². The minimum absolute atomic E-state index is 0.175. The smallest absolute Gasteiger partial charge is 0.434 e. The van der Waals surface area contributed by atoms with Gasteiger partial charge in [0.15, 0.2) is 5.69 Å². The predicted octanol–water partition coefficient (Wildman–Crippen LogP) is 5.74. The first-order chi connectivity index (χ1) is 12.8. The van der Waals surface area contributed by atoms with E-state index in [4.69, 9.17) is 4.74 Å². The molecule has 0 unspecified atom stereocenters. The van der Waals surface area contributed by atoms with Crippen molar-refractivity contribution >= 4 is 6.09 Å². The molecule has 0 aliphatic rings.